The summed E-state index contributed by atoms with van der Waals surface area (Å²) >= 11 is 0. The predicted molar refractivity (Wildman–Crippen MR) is 60.2 cm³/mol. The van der Waals surface area contributed by atoms with Crippen LogP contribution in [-0.2, 0) is 0 Å². The number of nitrogens with two attached hydrogens (primary N) is 1. The van der Waals surface area contributed by atoms with Crippen molar-refractivity contribution in [3.05, 3.63) is 53.9 Å². The van der Waals surface area contributed by atoms with Gasteiger partial charge in [-0.1, -0.05) is 12.1 Å². The van der Waals surface area contributed by atoms with E-state index in [1.807, 2.05) is 0 Å². The number of aromatic hydroxyl groups is 1. The Morgan fingerprint density at radius 3 is 2.62 bits per heavy atom. The van der Waals surface area contributed by atoms with Crippen LogP contribution in [0, 0.1) is 0 Å². The molecule has 3 N–H and O–H groups in total. The Bertz CT molecular complexity index is 504. The fourth-order valence-electron chi connectivity index (χ4n) is 1.43. The Morgan fingerprint density at radius 2 is 2.00 bits per heavy atom. The molecule has 1 heterocycles. The Labute approximate surface area is 92.4 Å². The number of anilines is 1. The second-order valence-corrected chi connectivity index (χ2v) is 3.29. The molecule has 0 atom stereocenters. The molecule has 0 aliphatic rings. The van der Waals surface area contributed by atoms with Crippen molar-refractivity contribution in [3.63, 3.8) is 0 Å². The van der Waals surface area contributed by atoms with Crippen LogP contribution >= 0.6 is 0 Å². The van der Waals surface area contributed by atoms with Crippen molar-refractivity contribution in [3.8, 4) is 5.75 Å². The lowest BCUT2D eigenvalue weighted by Gasteiger charge is -2.05. The minimum atomic E-state index is -0.379. The van der Waals surface area contributed by atoms with Crippen LogP contribution in [-0.4, -0.2) is 15.9 Å². The van der Waals surface area contributed by atoms with Crippen LogP contribution in [0.2, 0.25) is 0 Å². The van der Waals surface area contributed by atoms with Crippen molar-refractivity contribution in [2.24, 2.45) is 0 Å². The van der Waals surface area contributed by atoms with Gasteiger partial charge >= 0.3 is 0 Å². The lowest BCUT2D eigenvalue weighted by atomic mass is 10.0. The third kappa shape index (κ3) is 1.72. The van der Waals surface area contributed by atoms with Gasteiger partial charge in [-0.2, -0.15) is 0 Å². The number of phenols is 1. The van der Waals surface area contributed by atoms with E-state index in [4.69, 9.17) is 5.73 Å². The summed E-state index contributed by atoms with van der Waals surface area (Å²) in [4.78, 5) is 15.9. The van der Waals surface area contributed by atoms with Crippen molar-refractivity contribution < 1.29 is 9.90 Å². The number of aromatic nitrogens is 1. The summed E-state index contributed by atoms with van der Waals surface area (Å²) < 4.78 is 0. The van der Waals surface area contributed by atoms with Gasteiger partial charge in [0.25, 0.3) is 0 Å². The van der Waals surface area contributed by atoms with E-state index < -0.39 is 0 Å². The van der Waals surface area contributed by atoms with Gasteiger partial charge < -0.3 is 10.8 Å². The van der Waals surface area contributed by atoms with Gasteiger partial charge in [0.2, 0.25) is 5.78 Å². The SMILES string of the molecule is Nc1cccc(O)c1C(=O)c1ccccn1. The zero-order chi connectivity index (χ0) is 11.5. The highest BCUT2D eigenvalue weighted by atomic mass is 16.3. The molecule has 0 spiro atoms. The maximum atomic E-state index is 12.0. The summed E-state index contributed by atoms with van der Waals surface area (Å²) in [7, 11) is 0. The number of ketones is 1. The summed E-state index contributed by atoms with van der Waals surface area (Å²) in [5.74, 6) is -0.508. The standard InChI is InChI=1S/C12H10N2O2/c13-8-4-3-6-10(15)11(8)12(16)9-5-1-2-7-14-9/h1-7,15H,13H2. The number of nitrogen functional groups attached to an aromatic ring is 1. The van der Waals surface area contributed by atoms with E-state index in [2.05, 4.69) is 4.98 Å². The molecule has 16 heavy (non-hydrogen) atoms. The molecule has 0 aliphatic heterocycles. The van der Waals surface area contributed by atoms with E-state index in [1.54, 1.807) is 30.3 Å². The van der Waals surface area contributed by atoms with E-state index in [1.165, 1.54) is 12.3 Å². The molecule has 0 radical (unpaired) electrons. The minimum Gasteiger partial charge on any atom is -0.507 e. The smallest absolute Gasteiger partial charge is 0.217 e. The first kappa shape index (κ1) is 10.2. The van der Waals surface area contributed by atoms with E-state index in [9.17, 15) is 9.90 Å². The molecule has 0 saturated heterocycles. The molecule has 0 fully saturated rings. The summed E-state index contributed by atoms with van der Waals surface area (Å²) in [6.45, 7) is 0. The highest BCUT2D eigenvalue weighted by molar-refractivity contribution is 6.12. The van der Waals surface area contributed by atoms with E-state index in [0.29, 0.717) is 0 Å². The molecule has 1 aromatic carbocycles. The third-order valence-electron chi connectivity index (χ3n) is 2.20. The number of hydrogen-bond donors (Lipinski definition) is 2. The number of carbonyl (C=O) groups excluding carboxylic acids is 1. The largest absolute Gasteiger partial charge is 0.507 e. The number of rotatable bonds is 2. The van der Waals surface area contributed by atoms with Gasteiger partial charge in [-0.05, 0) is 24.3 Å². The molecule has 0 aliphatic carbocycles. The van der Waals surface area contributed by atoms with Gasteiger partial charge in [-0.3, -0.25) is 9.78 Å². The Kier molecular flexibility index (Phi) is 2.55. The monoisotopic (exact) mass is 214 g/mol. The van der Waals surface area contributed by atoms with Gasteiger partial charge in [-0.25, -0.2) is 0 Å². The molecular weight excluding hydrogens is 204 g/mol. The minimum absolute atomic E-state index is 0.0983. The quantitative estimate of drug-likeness (QED) is 0.588. The first-order valence-electron chi connectivity index (χ1n) is 4.73. The fraction of sp³-hybridized carbons (Fsp3) is 0. The first-order chi connectivity index (χ1) is 7.70. The molecule has 0 bridgehead atoms. The number of pyridine rings is 1. The molecular formula is C12H10N2O2. The Hall–Kier alpha value is -2.36. The molecule has 80 valence electrons. The lowest BCUT2D eigenvalue weighted by Crippen LogP contribution is -2.07. The van der Waals surface area contributed by atoms with Crippen LogP contribution in [0.1, 0.15) is 16.1 Å². The molecule has 4 heteroatoms. The fourth-order valence-corrected chi connectivity index (χ4v) is 1.43. The average molecular weight is 214 g/mol. The van der Waals surface area contributed by atoms with Crippen molar-refractivity contribution >= 4 is 11.5 Å². The van der Waals surface area contributed by atoms with Crippen molar-refractivity contribution in [1.82, 2.24) is 4.98 Å². The first-order valence-corrected chi connectivity index (χ1v) is 4.73. The second kappa shape index (κ2) is 4.02. The van der Waals surface area contributed by atoms with E-state index in [0.717, 1.165) is 0 Å². The van der Waals surface area contributed by atoms with Crippen molar-refractivity contribution in [2.45, 2.75) is 0 Å². The van der Waals surface area contributed by atoms with Crippen LogP contribution < -0.4 is 5.73 Å². The van der Waals surface area contributed by atoms with Crippen molar-refractivity contribution in [2.75, 3.05) is 5.73 Å². The van der Waals surface area contributed by atoms with E-state index in [-0.39, 0.29) is 28.5 Å². The number of nitrogens with zero attached hydrogens (tertiary/aromatic N) is 1. The van der Waals surface area contributed by atoms with Crippen LogP contribution in [0.5, 0.6) is 5.75 Å². The Balaban J connectivity index is 2.50. The second-order valence-electron chi connectivity index (χ2n) is 3.29. The molecule has 2 aromatic rings. The van der Waals surface area contributed by atoms with Crippen LogP contribution in [0.4, 0.5) is 5.69 Å². The summed E-state index contributed by atoms with van der Waals surface area (Å²) in [5.41, 5.74) is 6.26. The molecule has 0 unspecified atom stereocenters. The molecule has 4 nitrogen and oxygen atoms in total. The number of hydrogen-bond acceptors (Lipinski definition) is 4. The number of phenolic OH excluding ortho intramolecular Hbond substituents is 1. The van der Waals surface area contributed by atoms with Gasteiger partial charge in [0, 0.05) is 11.9 Å². The maximum absolute atomic E-state index is 12.0. The highest BCUT2D eigenvalue weighted by Gasteiger charge is 2.17. The van der Waals surface area contributed by atoms with Crippen LogP contribution in [0.25, 0.3) is 0 Å². The summed E-state index contributed by atoms with van der Waals surface area (Å²) in [6, 6.07) is 9.57. The molecule has 1 aromatic heterocycles. The highest BCUT2D eigenvalue weighted by Crippen LogP contribution is 2.25. The lowest BCUT2D eigenvalue weighted by molar-refractivity contribution is 0.103. The van der Waals surface area contributed by atoms with Crippen molar-refractivity contribution in [1.29, 1.82) is 0 Å². The normalized spacial score (nSPS) is 10.0. The van der Waals surface area contributed by atoms with Crippen LogP contribution in [0.3, 0.4) is 0 Å². The van der Waals surface area contributed by atoms with Gasteiger partial charge in [0.15, 0.2) is 0 Å². The summed E-state index contributed by atoms with van der Waals surface area (Å²) in [5, 5.41) is 9.59. The third-order valence-corrected chi connectivity index (χ3v) is 2.20. The topological polar surface area (TPSA) is 76.2 Å². The molecule has 2 rings (SSSR count). The maximum Gasteiger partial charge on any atom is 0.217 e. The number of carbonyl (C=O) groups is 1. The molecule has 0 amide bonds. The number of benzene rings is 1. The zero-order valence-electron chi connectivity index (χ0n) is 8.42. The average Bonchev–Trinajstić information content (AvgIpc) is 2.30. The van der Waals surface area contributed by atoms with E-state index >= 15 is 0 Å². The Morgan fingerprint density at radius 1 is 1.19 bits per heavy atom. The van der Waals surface area contributed by atoms with Crippen LogP contribution in [0.15, 0.2) is 42.6 Å². The zero-order valence-corrected chi connectivity index (χ0v) is 8.42. The summed E-state index contributed by atoms with van der Waals surface area (Å²) in [6.07, 6.45) is 1.52. The molecule has 0 saturated carbocycles. The van der Waals surface area contributed by atoms with Gasteiger partial charge in [0.05, 0.1) is 5.56 Å². The van der Waals surface area contributed by atoms with Gasteiger partial charge in [-0.15, -0.1) is 0 Å². The van der Waals surface area contributed by atoms with Gasteiger partial charge in [0.1, 0.15) is 11.4 Å². The predicted octanol–water partition coefficient (Wildman–Crippen LogP) is 1.60.